The van der Waals surface area contributed by atoms with Crippen LogP contribution in [-0.4, -0.2) is 39.5 Å². The Morgan fingerprint density at radius 2 is 1.95 bits per heavy atom. The van der Waals surface area contributed by atoms with Crippen LogP contribution in [0.4, 0.5) is 5.69 Å². The first-order valence-corrected chi connectivity index (χ1v) is 7.65. The molecule has 19 heavy (non-hydrogen) atoms. The van der Waals surface area contributed by atoms with Gasteiger partial charge in [-0.15, -0.1) is 0 Å². The Kier molecular flexibility index (Phi) is 5.34. The van der Waals surface area contributed by atoms with Crippen LogP contribution in [0.3, 0.4) is 0 Å². The van der Waals surface area contributed by atoms with Crippen molar-refractivity contribution >= 4 is 15.7 Å². The van der Waals surface area contributed by atoms with Crippen LogP contribution in [0, 0.1) is 13.8 Å². The first kappa shape index (κ1) is 15.9. The van der Waals surface area contributed by atoms with E-state index in [1.807, 2.05) is 13.8 Å². The average Bonchev–Trinajstić information content (AvgIpc) is 2.33. The number of hydrogen-bond acceptors (Lipinski definition) is 4. The van der Waals surface area contributed by atoms with Gasteiger partial charge < -0.3 is 10.5 Å². The molecule has 0 spiro atoms. The maximum atomic E-state index is 12.5. The first-order chi connectivity index (χ1) is 8.80. The van der Waals surface area contributed by atoms with E-state index in [4.69, 9.17) is 10.5 Å². The van der Waals surface area contributed by atoms with Crippen molar-refractivity contribution in [2.75, 3.05) is 32.5 Å². The van der Waals surface area contributed by atoms with Gasteiger partial charge in [-0.25, -0.2) is 8.42 Å². The Hall–Kier alpha value is -1.11. The van der Waals surface area contributed by atoms with Crippen LogP contribution in [0.15, 0.2) is 17.0 Å². The van der Waals surface area contributed by atoms with E-state index in [-0.39, 0.29) is 4.90 Å². The summed E-state index contributed by atoms with van der Waals surface area (Å²) in [6.45, 7) is 6.70. The van der Waals surface area contributed by atoms with E-state index in [9.17, 15) is 8.42 Å². The third-order valence-electron chi connectivity index (χ3n) is 2.99. The van der Waals surface area contributed by atoms with Crippen molar-refractivity contribution in [1.82, 2.24) is 4.31 Å². The monoisotopic (exact) mass is 286 g/mol. The molecule has 0 aromatic heterocycles. The Balaban J connectivity index is 3.06. The number of hydrogen-bond donors (Lipinski definition) is 1. The Bertz CT molecular complexity index is 541. The molecular weight excluding hydrogens is 264 g/mol. The quantitative estimate of drug-likeness (QED) is 0.636. The van der Waals surface area contributed by atoms with Gasteiger partial charge in [0, 0.05) is 25.9 Å². The van der Waals surface area contributed by atoms with Gasteiger partial charge in [-0.2, -0.15) is 4.31 Å². The van der Waals surface area contributed by atoms with E-state index in [0.717, 1.165) is 5.56 Å². The summed E-state index contributed by atoms with van der Waals surface area (Å²) in [5.74, 6) is 0. The zero-order valence-electron chi connectivity index (χ0n) is 11.9. The van der Waals surface area contributed by atoms with Crippen molar-refractivity contribution in [3.8, 4) is 0 Å². The molecule has 0 fully saturated rings. The summed E-state index contributed by atoms with van der Waals surface area (Å²) in [5, 5.41) is 0. The van der Waals surface area contributed by atoms with Gasteiger partial charge in [0.2, 0.25) is 10.0 Å². The number of anilines is 1. The molecule has 0 saturated heterocycles. The van der Waals surface area contributed by atoms with Crippen molar-refractivity contribution in [2.24, 2.45) is 0 Å². The summed E-state index contributed by atoms with van der Waals surface area (Å²) in [7, 11) is -1.97. The van der Waals surface area contributed by atoms with E-state index in [2.05, 4.69) is 0 Å². The first-order valence-electron chi connectivity index (χ1n) is 6.21. The second-order valence-electron chi connectivity index (χ2n) is 4.50. The number of nitrogen functional groups attached to an aromatic ring is 1. The second-order valence-corrected chi connectivity index (χ2v) is 6.51. The van der Waals surface area contributed by atoms with Crippen LogP contribution < -0.4 is 5.73 Å². The molecule has 0 atom stereocenters. The van der Waals surface area contributed by atoms with E-state index in [1.165, 1.54) is 4.31 Å². The SMILES string of the molecule is CCOCCN(C)S(=O)(=O)c1cc(C)cc(N)c1C. The fourth-order valence-corrected chi connectivity index (χ4v) is 3.24. The molecular formula is C13H22N2O3S. The lowest BCUT2D eigenvalue weighted by Crippen LogP contribution is -2.31. The molecule has 0 saturated carbocycles. The van der Waals surface area contributed by atoms with Gasteiger partial charge in [0.05, 0.1) is 11.5 Å². The van der Waals surface area contributed by atoms with E-state index < -0.39 is 10.0 Å². The van der Waals surface area contributed by atoms with Crippen molar-refractivity contribution < 1.29 is 13.2 Å². The zero-order valence-corrected chi connectivity index (χ0v) is 12.8. The lowest BCUT2D eigenvalue weighted by atomic mass is 10.1. The molecule has 1 rings (SSSR count). The molecule has 0 heterocycles. The minimum atomic E-state index is -3.52. The summed E-state index contributed by atoms with van der Waals surface area (Å²) in [4.78, 5) is 0.268. The summed E-state index contributed by atoms with van der Waals surface area (Å²) < 4.78 is 31.4. The minimum Gasteiger partial charge on any atom is -0.398 e. The predicted octanol–water partition coefficient (Wildman–Crippen LogP) is 1.54. The molecule has 0 radical (unpaired) electrons. The van der Waals surface area contributed by atoms with Crippen LogP contribution in [0.25, 0.3) is 0 Å². The van der Waals surface area contributed by atoms with Crippen LogP contribution in [0.2, 0.25) is 0 Å². The second kappa shape index (κ2) is 6.36. The van der Waals surface area contributed by atoms with E-state index in [1.54, 1.807) is 26.1 Å². The number of nitrogens with two attached hydrogens (primary N) is 1. The smallest absolute Gasteiger partial charge is 0.243 e. The highest BCUT2D eigenvalue weighted by atomic mass is 32.2. The molecule has 0 aliphatic heterocycles. The van der Waals surface area contributed by atoms with Gasteiger partial charge in [0.15, 0.2) is 0 Å². The number of aryl methyl sites for hydroxylation is 1. The van der Waals surface area contributed by atoms with Crippen LogP contribution in [0.1, 0.15) is 18.1 Å². The predicted molar refractivity (Wildman–Crippen MR) is 76.6 cm³/mol. The molecule has 108 valence electrons. The van der Waals surface area contributed by atoms with Gasteiger partial charge in [0.1, 0.15) is 0 Å². The van der Waals surface area contributed by atoms with Gasteiger partial charge in [-0.3, -0.25) is 0 Å². The Morgan fingerprint density at radius 3 is 2.53 bits per heavy atom. The summed E-state index contributed by atoms with van der Waals surface area (Å²) in [5.41, 5.74) is 7.75. The van der Waals surface area contributed by atoms with Gasteiger partial charge in [0.25, 0.3) is 0 Å². The summed E-state index contributed by atoms with van der Waals surface area (Å²) in [6, 6.07) is 3.42. The van der Waals surface area contributed by atoms with E-state index in [0.29, 0.717) is 31.0 Å². The third-order valence-corrected chi connectivity index (χ3v) is 4.97. The van der Waals surface area contributed by atoms with Gasteiger partial charge >= 0.3 is 0 Å². The van der Waals surface area contributed by atoms with Crippen molar-refractivity contribution in [1.29, 1.82) is 0 Å². The topological polar surface area (TPSA) is 72.6 Å². The third kappa shape index (κ3) is 3.68. The molecule has 1 aromatic carbocycles. The highest BCUT2D eigenvalue weighted by Crippen LogP contribution is 2.25. The maximum absolute atomic E-state index is 12.5. The lowest BCUT2D eigenvalue weighted by molar-refractivity contribution is 0.138. The Morgan fingerprint density at radius 1 is 1.32 bits per heavy atom. The number of sulfonamides is 1. The molecule has 2 N–H and O–H groups in total. The summed E-state index contributed by atoms with van der Waals surface area (Å²) in [6.07, 6.45) is 0. The number of nitrogens with zero attached hydrogens (tertiary/aromatic N) is 1. The molecule has 0 unspecified atom stereocenters. The summed E-state index contributed by atoms with van der Waals surface area (Å²) >= 11 is 0. The lowest BCUT2D eigenvalue weighted by Gasteiger charge is -2.19. The molecule has 0 amide bonds. The molecule has 5 nitrogen and oxygen atoms in total. The number of ether oxygens (including phenoxy) is 1. The molecule has 0 aliphatic rings. The minimum absolute atomic E-state index is 0.268. The number of rotatable bonds is 6. The number of likely N-dealkylation sites (N-methyl/N-ethyl adjacent to an activating group) is 1. The number of benzene rings is 1. The highest BCUT2D eigenvalue weighted by molar-refractivity contribution is 7.89. The molecule has 1 aromatic rings. The van der Waals surface area contributed by atoms with Crippen LogP contribution in [0.5, 0.6) is 0 Å². The van der Waals surface area contributed by atoms with Crippen LogP contribution >= 0.6 is 0 Å². The van der Waals surface area contributed by atoms with E-state index >= 15 is 0 Å². The molecule has 0 aliphatic carbocycles. The fraction of sp³-hybridized carbons (Fsp3) is 0.538. The van der Waals surface area contributed by atoms with Crippen LogP contribution in [-0.2, 0) is 14.8 Å². The molecule has 0 bridgehead atoms. The normalized spacial score (nSPS) is 12.1. The maximum Gasteiger partial charge on any atom is 0.243 e. The van der Waals surface area contributed by atoms with Crippen molar-refractivity contribution in [3.63, 3.8) is 0 Å². The zero-order chi connectivity index (χ0) is 14.6. The standard InChI is InChI=1S/C13H22N2O3S/c1-5-18-7-6-15(4)19(16,17)13-9-10(2)8-12(14)11(13)3/h8-9H,5-7,14H2,1-4H3. The highest BCUT2D eigenvalue weighted by Gasteiger charge is 2.23. The largest absolute Gasteiger partial charge is 0.398 e. The Labute approximate surface area is 115 Å². The molecule has 6 heteroatoms. The van der Waals surface area contributed by atoms with Crippen molar-refractivity contribution in [2.45, 2.75) is 25.7 Å². The fourth-order valence-electron chi connectivity index (χ4n) is 1.75. The van der Waals surface area contributed by atoms with Gasteiger partial charge in [-0.05, 0) is 44.0 Å². The van der Waals surface area contributed by atoms with Crippen molar-refractivity contribution in [3.05, 3.63) is 23.3 Å². The van der Waals surface area contributed by atoms with Gasteiger partial charge in [-0.1, -0.05) is 0 Å². The average molecular weight is 286 g/mol.